The van der Waals surface area contributed by atoms with Crippen LogP contribution in [0.25, 0.3) is 10.2 Å². The lowest BCUT2D eigenvalue weighted by Gasteiger charge is -2.16. The number of nitrogens with zero attached hydrogens (tertiary/aromatic N) is 2. The molecule has 0 saturated carbocycles. The van der Waals surface area contributed by atoms with Crippen molar-refractivity contribution >= 4 is 46.4 Å². The number of aromatic nitrogens is 1. The fourth-order valence-electron chi connectivity index (χ4n) is 1.77. The highest BCUT2D eigenvalue weighted by Gasteiger charge is 2.07. The van der Waals surface area contributed by atoms with E-state index in [1.165, 1.54) is 4.70 Å². The third-order valence-electron chi connectivity index (χ3n) is 2.34. The zero-order valence-corrected chi connectivity index (χ0v) is 12.9. The van der Waals surface area contributed by atoms with E-state index in [0.717, 1.165) is 23.6 Å². The van der Waals surface area contributed by atoms with Crippen molar-refractivity contribution in [2.45, 2.75) is 19.5 Å². The highest BCUT2D eigenvalue weighted by atomic mass is 35.5. The van der Waals surface area contributed by atoms with Crippen molar-refractivity contribution in [3.05, 3.63) is 29.3 Å². The molecule has 2 rings (SSSR count). The fraction of sp³-hybridized carbons (Fsp3) is 0.417. The molecule has 0 aliphatic carbocycles. The summed E-state index contributed by atoms with van der Waals surface area (Å²) < 4.78 is 1.26. The number of hydrogen-bond acceptors (Lipinski definition) is 4. The number of likely N-dealkylation sites (N-methyl/N-ethyl adjacent to an activating group) is 1. The molecule has 0 aliphatic heterocycles. The van der Waals surface area contributed by atoms with Gasteiger partial charge in [0.2, 0.25) is 0 Å². The molecule has 1 atom stereocenters. The van der Waals surface area contributed by atoms with Gasteiger partial charge >= 0.3 is 0 Å². The van der Waals surface area contributed by atoms with Gasteiger partial charge in [0.1, 0.15) is 5.01 Å². The van der Waals surface area contributed by atoms with E-state index in [2.05, 4.69) is 35.1 Å². The van der Waals surface area contributed by atoms with Crippen LogP contribution in [-0.2, 0) is 6.54 Å². The standard InChI is InChI=1S/C12H17N3S.2ClH/c1-9(13)7-15(2)8-12-14-10-5-3-4-6-11(10)16-12;;/h3-6,9H,7-8,13H2,1-2H3;2*1H. The topological polar surface area (TPSA) is 42.1 Å². The van der Waals surface area contributed by atoms with Gasteiger partial charge in [-0.25, -0.2) is 4.98 Å². The van der Waals surface area contributed by atoms with E-state index >= 15 is 0 Å². The summed E-state index contributed by atoms with van der Waals surface area (Å²) in [6.07, 6.45) is 0. The Labute approximate surface area is 124 Å². The number of halogens is 2. The molecule has 18 heavy (non-hydrogen) atoms. The van der Waals surface area contributed by atoms with Crippen molar-refractivity contribution in [3.63, 3.8) is 0 Å². The zero-order chi connectivity index (χ0) is 11.5. The molecule has 0 bridgehead atoms. The Kier molecular flexibility index (Phi) is 7.75. The number of fused-ring (bicyclic) bond motifs is 1. The van der Waals surface area contributed by atoms with E-state index in [1.54, 1.807) is 11.3 Å². The Bertz CT molecular complexity index is 440. The SMILES string of the molecule is CC(N)CN(C)Cc1nc2ccccc2s1.Cl.Cl. The summed E-state index contributed by atoms with van der Waals surface area (Å²) in [6, 6.07) is 8.45. The highest BCUT2D eigenvalue weighted by Crippen LogP contribution is 2.22. The van der Waals surface area contributed by atoms with Crippen LogP contribution in [0.15, 0.2) is 24.3 Å². The van der Waals surface area contributed by atoms with Crippen LogP contribution in [0.2, 0.25) is 0 Å². The van der Waals surface area contributed by atoms with E-state index in [-0.39, 0.29) is 30.9 Å². The highest BCUT2D eigenvalue weighted by molar-refractivity contribution is 7.18. The second-order valence-electron chi connectivity index (χ2n) is 4.25. The van der Waals surface area contributed by atoms with E-state index in [0.29, 0.717) is 0 Å². The van der Waals surface area contributed by atoms with Crippen molar-refractivity contribution in [1.82, 2.24) is 9.88 Å². The molecule has 0 fully saturated rings. The molecule has 0 spiro atoms. The van der Waals surface area contributed by atoms with Crippen LogP contribution >= 0.6 is 36.2 Å². The summed E-state index contributed by atoms with van der Waals surface area (Å²) in [7, 11) is 2.08. The van der Waals surface area contributed by atoms with Gasteiger partial charge in [-0.3, -0.25) is 4.90 Å². The molecule has 0 radical (unpaired) electrons. The van der Waals surface area contributed by atoms with Crippen molar-refractivity contribution in [2.75, 3.05) is 13.6 Å². The van der Waals surface area contributed by atoms with Crippen LogP contribution in [0, 0.1) is 0 Å². The zero-order valence-electron chi connectivity index (χ0n) is 10.5. The summed E-state index contributed by atoms with van der Waals surface area (Å²) in [5.41, 5.74) is 6.86. The number of benzene rings is 1. The van der Waals surface area contributed by atoms with Crippen LogP contribution in [0.3, 0.4) is 0 Å². The Morgan fingerprint density at radius 1 is 1.33 bits per heavy atom. The third-order valence-corrected chi connectivity index (χ3v) is 3.36. The molecule has 6 heteroatoms. The smallest absolute Gasteiger partial charge is 0.108 e. The van der Waals surface area contributed by atoms with E-state index in [9.17, 15) is 0 Å². The number of thiazole rings is 1. The van der Waals surface area contributed by atoms with Crippen molar-refractivity contribution < 1.29 is 0 Å². The van der Waals surface area contributed by atoms with E-state index < -0.39 is 0 Å². The van der Waals surface area contributed by atoms with Gasteiger partial charge in [0, 0.05) is 12.6 Å². The minimum atomic E-state index is 0. The molecule has 1 unspecified atom stereocenters. The Morgan fingerprint density at radius 2 is 2.00 bits per heavy atom. The lowest BCUT2D eigenvalue weighted by Crippen LogP contribution is -2.32. The molecular weight excluding hydrogens is 289 g/mol. The number of para-hydroxylation sites is 1. The maximum Gasteiger partial charge on any atom is 0.108 e. The molecule has 2 N–H and O–H groups in total. The first-order chi connectivity index (χ1) is 7.65. The van der Waals surface area contributed by atoms with Gasteiger partial charge in [0.05, 0.1) is 16.8 Å². The largest absolute Gasteiger partial charge is 0.327 e. The molecule has 1 heterocycles. The fourth-order valence-corrected chi connectivity index (χ4v) is 2.82. The van der Waals surface area contributed by atoms with Gasteiger partial charge in [0.15, 0.2) is 0 Å². The lowest BCUT2D eigenvalue weighted by molar-refractivity contribution is 0.310. The minimum absolute atomic E-state index is 0. The maximum absolute atomic E-state index is 5.76. The number of hydrogen-bond donors (Lipinski definition) is 1. The molecule has 102 valence electrons. The predicted molar refractivity (Wildman–Crippen MR) is 84.1 cm³/mol. The molecule has 0 aliphatic rings. The summed E-state index contributed by atoms with van der Waals surface area (Å²) in [4.78, 5) is 6.81. The number of rotatable bonds is 4. The van der Waals surface area contributed by atoms with E-state index in [1.807, 2.05) is 13.0 Å². The molecule has 1 aromatic heterocycles. The van der Waals surface area contributed by atoms with Crippen molar-refractivity contribution in [3.8, 4) is 0 Å². The quantitative estimate of drug-likeness (QED) is 0.944. The average Bonchev–Trinajstić information content (AvgIpc) is 2.57. The first kappa shape index (κ1) is 17.6. The van der Waals surface area contributed by atoms with Gasteiger partial charge < -0.3 is 5.73 Å². The van der Waals surface area contributed by atoms with Crippen molar-refractivity contribution in [1.29, 1.82) is 0 Å². The third kappa shape index (κ3) is 4.71. The molecule has 0 amide bonds. The maximum atomic E-state index is 5.76. The Hall–Kier alpha value is -0.390. The minimum Gasteiger partial charge on any atom is -0.327 e. The van der Waals surface area contributed by atoms with Crippen molar-refractivity contribution in [2.24, 2.45) is 5.73 Å². The monoisotopic (exact) mass is 307 g/mol. The second-order valence-corrected chi connectivity index (χ2v) is 5.36. The Balaban J connectivity index is 0.00000144. The number of nitrogens with two attached hydrogens (primary N) is 1. The van der Waals surface area contributed by atoms with Gasteiger partial charge in [-0.1, -0.05) is 12.1 Å². The average molecular weight is 308 g/mol. The molecule has 3 nitrogen and oxygen atoms in total. The second kappa shape index (κ2) is 7.92. The Morgan fingerprint density at radius 3 is 2.61 bits per heavy atom. The lowest BCUT2D eigenvalue weighted by atomic mass is 10.3. The van der Waals surface area contributed by atoms with Gasteiger partial charge in [0.25, 0.3) is 0 Å². The van der Waals surface area contributed by atoms with Gasteiger partial charge in [-0.15, -0.1) is 36.2 Å². The van der Waals surface area contributed by atoms with Crippen LogP contribution in [0.5, 0.6) is 0 Å². The first-order valence-corrected chi connectivity index (χ1v) is 6.25. The van der Waals surface area contributed by atoms with Gasteiger partial charge in [-0.2, -0.15) is 0 Å². The van der Waals surface area contributed by atoms with Crippen LogP contribution in [0.1, 0.15) is 11.9 Å². The van der Waals surface area contributed by atoms with E-state index in [4.69, 9.17) is 5.73 Å². The molecular formula is C12H19Cl2N3S. The first-order valence-electron chi connectivity index (χ1n) is 5.43. The summed E-state index contributed by atoms with van der Waals surface area (Å²) in [5.74, 6) is 0. The van der Waals surface area contributed by atoms with Crippen LogP contribution in [0.4, 0.5) is 0 Å². The van der Waals surface area contributed by atoms with Crippen LogP contribution in [-0.4, -0.2) is 29.5 Å². The normalized spacial score (nSPS) is 12.0. The summed E-state index contributed by atoms with van der Waals surface area (Å²) >= 11 is 1.76. The summed E-state index contributed by atoms with van der Waals surface area (Å²) in [5, 5.41) is 1.16. The molecule has 1 aromatic carbocycles. The van der Waals surface area contributed by atoms with Gasteiger partial charge in [-0.05, 0) is 26.1 Å². The molecule has 2 aromatic rings. The predicted octanol–water partition coefficient (Wildman–Crippen LogP) is 2.92. The summed E-state index contributed by atoms with van der Waals surface area (Å²) in [6.45, 7) is 3.80. The molecule has 0 saturated heterocycles. The van der Waals surface area contributed by atoms with Crippen LogP contribution < -0.4 is 5.73 Å².